The van der Waals surface area contributed by atoms with Gasteiger partial charge in [-0.3, -0.25) is 14.0 Å². The molecule has 2 N–H and O–H groups in total. The second-order valence-electron chi connectivity index (χ2n) is 9.70. The Balaban J connectivity index is 1.71. The van der Waals surface area contributed by atoms with E-state index in [-0.39, 0.29) is 17.5 Å². The molecule has 1 aromatic carbocycles. The molecule has 1 aliphatic carbocycles. The summed E-state index contributed by atoms with van der Waals surface area (Å²) in [6.07, 6.45) is 5.88. The van der Waals surface area contributed by atoms with Gasteiger partial charge in [0.15, 0.2) is 0 Å². The minimum absolute atomic E-state index is 0.0359. The number of pyridine rings is 1. The number of carbonyl (C=O) groups is 2. The number of rotatable bonds is 9. The number of fused-ring (bicyclic) bond motifs is 1. The summed E-state index contributed by atoms with van der Waals surface area (Å²) in [6, 6.07) is 10.6. The lowest BCUT2D eigenvalue weighted by molar-refractivity contribution is -0.145. The number of aromatic nitrogens is 2. The monoisotopic (exact) mass is 553 g/mol. The van der Waals surface area contributed by atoms with Crippen LogP contribution in [0.25, 0.3) is 22.5 Å². The van der Waals surface area contributed by atoms with Crippen LogP contribution in [-0.4, -0.2) is 38.8 Å². The van der Waals surface area contributed by atoms with E-state index >= 15 is 0 Å². The van der Waals surface area contributed by atoms with Crippen molar-refractivity contribution < 1.29 is 23.5 Å². The Hall–Kier alpha value is -3.78. The minimum atomic E-state index is -2.55. The van der Waals surface area contributed by atoms with E-state index in [1.807, 2.05) is 44.2 Å². The van der Waals surface area contributed by atoms with E-state index in [1.54, 1.807) is 28.8 Å². The SMILES string of the molecule is CC\C=C(C)/C(=C\C=C(/C)C(F)F)c1ccccc1-c1nc2cc(C(=O)NC3CC(C(=O)O)C3)ccn2c1Cl. The zero-order chi connectivity index (χ0) is 28.3. The largest absolute Gasteiger partial charge is 0.481 e. The number of carboxylic acid groups (broad SMARTS) is 1. The highest BCUT2D eigenvalue weighted by Gasteiger charge is 2.35. The molecule has 39 heavy (non-hydrogen) atoms. The molecule has 3 aromatic rings. The first kappa shape index (κ1) is 28.2. The maximum absolute atomic E-state index is 13.2. The maximum atomic E-state index is 13.2. The molecule has 2 heterocycles. The van der Waals surface area contributed by atoms with Gasteiger partial charge in [0.2, 0.25) is 0 Å². The molecule has 0 bridgehead atoms. The van der Waals surface area contributed by atoms with Crippen LogP contribution in [0.2, 0.25) is 5.15 Å². The van der Waals surface area contributed by atoms with Gasteiger partial charge in [-0.15, -0.1) is 0 Å². The van der Waals surface area contributed by atoms with E-state index < -0.39 is 18.3 Å². The highest BCUT2D eigenvalue weighted by atomic mass is 35.5. The summed E-state index contributed by atoms with van der Waals surface area (Å²) < 4.78 is 28.0. The molecule has 1 aliphatic rings. The number of nitrogens with zero attached hydrogens (tertiary/aromatic N) is 2. The molecular weight excluding hydrogens is 524 g/mol. The lowest BCUT2D eigenvalue weighted by atomic mass is 9.80. The fourth-order valence-corrected chi connectivity index (χ4v) is 4.88. The zero-order valence-corrected chi connectivity index (χ0v) is 22.7. The molecule has 4 rings (SSSR count). The molecule has 204 valence electrons. The summed E-state index contributed by atoms with van der Waals surface area (Å²) in [5.41, 5.74) is 4.55. The topological polar surface area (TPSA) is 83.7 Å². The molecule has 1 saturated carbocycles. The first-order chi connectivity index (χ1) is 18.6. The second-order valence-corrected chi connectivity index (χ2v) is 10.1. The Bertz CT molecular complexity index is 1500. The lowest BCUT2D eigenvalue weighted by Crippen LogP contribution is -2.46. The van der Waals surface area contributed by atoms with E-state index in [2.05, 4.69) is 5.32 Å². The fourth-order valence-electron chi connectivity index (χ4n) is 4.60. The highest BCUT2D eigenvalue weighted by Crippen LogP contribution is 2.37. The number of alkyl halides is 2. The van der Waals surface area contributed by atoms with Gasteiger partial charge in [-0.2, -0.15) is 0 Å². The number of hydrogen-bond acceptors (Lipinski definition) is 3. The van der Waals surface area contributed by atoms with E-state index in [0.717, 1.165) is 28.7 Å². The third-order valence-electron chi connectivity index (χ3n) is 6.92. The van der Waals surface area contributed by atoms with Crippen molar-refractivity contribution in [1.82, 2.24) is 14.7 Å². The number of nitrogens with one attached hydrogen (secondary N) is 1. The number of aliphatic carboxylic acids is 1. The van der Waals surface area contributed by atoms with Crippen molar-refractivity contribution in [2.24, 2.45) is 5.92 Å². The van der Waals surface area contributed by atoms with Crippen LogP contribution in [0.15, 0.2) is 72.0 Å². The Labute approximate surface area is 230 Å². The van der Waals surface area contributed by atoms with Crippen LogP contribution in [-0.2, 0) is 4.79 Å². The van der Waals surface area contributed by atoms with Crippen LogP contribution < -0.4 is 5.32 Å². The van der Waals surface area contributed by atoms with Crippen LogP contribution in [0.4, 0.5) is 8.78 Å². The number of benzene rings is 1. The number of hydrogen-bond donors (Lipinski definition) is 2. The molecule has 9 heteroatoms. The molecule has 0 unspecified atom stereocenters. The first-order valence-corrected chi connectivity index (χ1v) is 13.1. The van der Waals surface area contributed by atoms with Crippen molar-refractivity contribution in [3.05, 3.63) is 88.2 Å². The van der Waals surface area contributed by atoms with Crippen LogP contribution in [0.1, 0.15) is 56.0 Å². The van der Waals surface area contributed by atoms with Gasteiger partial charge in [0, 0.05) is 23.4 Å². The van der Waals surface area contributed by atoms with Crippen molar-refractivity contribution in [3.63, 3.8) is 0 Å². The minimum Gasteiger partial charge on any atom is -0.481 e. The molecule has 0 atom stereocenters. The van der Waals surface area contributed by atoms with Crippen molar-refractivity contribution >= 4 is 34.7 Å². The van der Waals surface area contributed by atoms with Gasteiger partial charge in [0.05, 0.1) is 5.92 Å². The number of carboxylic acids is 1. The van der Waals surface area contributed by atoms with Crippen molar-refractivity contribution in [3.8, 4) is 11.3 Å². The number of imidazole rings is 1. The molecule has 0 aliphatic heterocycles. The predicted molar refractivity (Wildman–Crippen MR) is 149 cm³/mol. The van der Waals surface area contributed by atoms with Gasteiger partial charge >= 0.3 is 5.97 Å². The summed E-state index contributed by atoms with van der Waals surface area (Å²) in [5.74, 6) is -1.57. The van der Waals surface area contributed by atoms with E-state index in [1.165, 1.54) is 13.0 Å². The Morgan fingerprint density at radius 2 is 1.92 bits per heavy atom. The standard InChI is InChI=1S/C30H30ClF2N3O3/c1-4-7-17(2)22(11-10-18(3)28(32)33)23-8-5-6-9-24(23)26-27(31)36-13-12-19(16-25(36)35-26)29(37)34-21-14-20(15-21)30(38)39/h5-13,16,20-21,28H,4,14-15H2,1-3H3,(H,34,37)(H,38,39)/b17-7-,18-10+,22-11+. The highest BCUT2D eigenvalue weighted by molar-refractivity contribution is 6.32. The third-order valence-corrected chi connectivity index (χ3v) is 7.28. The molecule has 6 nitrogen and oxygen atoms in total. The summed E-state index contributed by atoms with van der Waals surface area (Å²) in [5, 5.41) is 12.3. The van der Waals surface area contributed by atoms with Crippen LogP contribution in [0.3, 0.4) is 0 Å². The smallest absolute Gasteiger partial charge is 0.306 e. The van der Waals surface area contributed by atoms with E-state index in [4.69, 9.17) is 21.7 Å². The van der Waals surface area contributed by atoms with Gasteiger partial charge in [0.1, 0.15) is 16.5 Å². The van der Waals surface area contributed by atoms with Crippen LogP contribution in [0, 0.1) is 5.92 Å². The zero-order valence-electron chi connectivity index (χ0n) is 21.9. The lowest BCUT2D eigenvalue weighted by Gasteiger charge is -2.32. The van der Waals surface area contributed by atoms with Crippen molar-refractivity contribution in [1.29, 1.82) is 0 Å². The fraction of sp³-hybridized carbons (Fsp3) is 0.300. The normalized spacial score (nSPS) is 18.4. The molecule has 2 aromatic heterocycles. The summed E-state index contributed by atoms with van der Waals surface area (Å²) in [4.78, 5) is 28.6. The van der Waals surface area contributed by atoms with Crippen LogP contribution in [0.5, 0.6) is 0 Å². The summed E-state index contributed by atoms with van der Waals surface area (Å²) >= 11 is 6.77. The Morgan fingerprint density at radius 3 is 2.59 bits per heavy atom. The quantitative estimate of drug-likeness (QED) is 0.274. The number of allylic oxidation sites excluding steroid dienone is 6. The van der Waals surface area contributed by atoms with E-state index in [9.17, 15) is 18.4 Å². The first-order valence-electron chi connectivity index (χ1n) is 12.8. The van der Waals surface area contributed by atoms with Gasteiger partial charge < -0.3 is 10.4 Å². The summed E-state index contributed by atoms with van der Waals surface area (Å²) in [7, 11) is 0. The van der Waals surface area contributed by atoms with Gasteiger partial charge in [-0.1, -0.05) is 61.0 Å². The third kappa shape index (κ3) is 6.11. The van der Waals surface area contributed by atoms with E-state index in [0.29, 0.717) is 34.9 Å². The molecular formula is C30H30ClF2N3O3. The number of halogens is 3. The average molecular weight is 554 g/mol. The maximum Gasteiger partial charge on any atom is 0.306 e. The number of carbonyl (C=O) groups excluding carboxylic acids is 1. The Morgan fingerprint density at radius 1 is 1.21 bits per heavy atom. The molecule has 0 saturated heterocycles. The molecule has 1 amide bonds. The van der Waals surface area contributed by atoms with Crippen molar-refractivity contribution in [2.75, 3.05) is 0 Å². The van der Waals surface area contributed by atoms with Crippen molar-refractivity contribution in [2.45, 2.75) is 52.5 Å². The predicted octanol–water partition coefficient (Wildman–Crippen LogP) is 7.20. The van der Waals surface area contributed by atoms with Gasteiger partial charge in [-0.05, 0) is 67.5 Å². The van der Waals surface area contributed by atoms with Gasteiger partial charge in [-0.25, -0.2) is 13.8 Å². The summed E-state index contributed by atoms with van der Waals surface area (Å²) in [6.45, 7) is 5.34. The second kappa shape index (κ2) is 11.9. The van der Waals surface area contributed by atoms with Crippen LogP contribution >= 0.6 is 11.6 Å². The van der Waals surface area contributed by atoms with Gasteiger partial charge in [0.25, 0.3) is 12.3 Å². The Kier molecular flexibility index (Phi) is 8.65. The number of amides is 1. The molecule has 0 spiro atoms. The molecule has 0 radical (unpaired) electrons. The average Bonchev–Trinajstić information content (AvgIpc) is 3.21. The molecule has 1 fully saturated rings.